The average Bonchev–Trinajstić information content (AvgIpc) is 2.95. The maximum atomic E-state index is 13.0. The fraction of sp³-hybridized carbons (Fsp3) is 0.174. The van der Waals surface area contributed by atoms with E-state index in [1.165, 1.54) is 0 Å². The van der Waals surface area contributed by atoms with Gasteiger partial charge < -0.3 is 5.11 Å². The molecule has 4 rings (SSSR count). The molecule has 3 aromatic rings. The normalized spacial score (nSPS) is 25.9. The fourth-order valence-electron chi connectivity index (χ4n) is 4.12. The van der Waals surface area contributed by atoms with Crippen molar-refractivity contribution in [1.82, 2.24) is 0 Å². The van der Waals surface area contributed by atoms with Gasteiger partial charge in [0.1, 0.15) is 11.4 Å². The summed E-state index contributed by atoms with van der Waals surface area (Å²) >= 11 is 0. The Labute approximate surface area is 147 Å². The number of carbonyl (C=O) groups excluding carboxylic acids is 1. The van der Waals surface area contributed by atoms with E-state index < -0.39 is 5.60 Å². The Balaban J connectivity index is 1.90. The first kappa shape index (κ1) is 15.8. The second kappa shape index (κ2) is 6.30. The molecule has 0 unspecified atom stereocenters. The van der Waals surface area contributed by atoms with Gasteiger partial charge in [0, 0.05) is 12.3 Å². The summed E-state index contributed by atoms with van der Waals surface area (Å²) in [7, 11) is 0. The highest BCUT2D eigenvalue weighted by Crippen LogP contribution is 2.54. The lowest BCUT2D eigenvalue weighted by atomic mass is 9.74. The highest BCUT2D eigenvalue weighted by Gasteiger charge is 2.54. The number of carbonyl (C=O) groups is 1. The monoisotopic (exact) mass is 328 g/mol. The van der Waals surface area contributed by atoms with Crippen molar-refractivity contribution in [1.29, 1.82) is 0 Å². The van der Waals surface area contributed by atoms with E-state index >= 15 is 0 Å². The first-order chi connectivity index (χ1) is 12.2. The zero-order valence-corrected chi connectivity index (χ0v) is 13.9. The Hall–Kier alpha value is -2.71. The summed E-state index contributed by atoms with van der Waals surface area (Å²) in [6, 6.07) is 29.3. The quantitative estimate of drug-likeness (QED) is 0.773. The molecule has 0 radical (unpaired) electrons. The zero-order valence-electron chi connectivity index (χ0n) is 13.9. The Morgan fingerprint density at radius 3 is 1.76 bits per heavy atom. The van der Waals surface area contributed by atoms with Crippen LogP contribution in [0.15, 0.2) is 91.0 Å². The second-order valence-corrected chi connectivity index (χ2v) is 6.71. The van der Waals surface area contributed by atoms with Gasteiger partial charge in [-0.1, -0.05) is 91.0 Å². The topological polar surface area (TPSA) is 37.3 Å². The summed E-state index contributed by atoms with van der Waals surface area (Å²) in [6.45, 7) is 0. The minimum atomic E-state index is -1.19. The summed E-state index contributed by atoms with van der Waals surface area (Å²) in [5, 5.41) is 11.7. The first-order valence-corrected chi connectivity index (χ1v) is 8.60. The summed E-state index contributed by atoms with van der Waals surface area (Å²) in [6.07, 6.45) is 0.135. The van der Waals surface area contributed by atoms with Crippen molar-refractivity contribution in [3.63, 3.8) is 0 Å². The SMILES string of the molecule is O=C1C[C@](O)(c2ccccc2)[C@@H](c2ccccc2)[C@@H]1c1ccccc1. The van der Waals surface area contributed by atoms with Gasteiger partial charge in [-0.05, 0) is 16.7 Å². The summed E-state index contributed by atoms with van der Waals surface area (Å²) < 4.78 is 0. The van der Waals surface area contributed by atoms with Crippen molar-refractivity contribution < 1.29 is 9.90 Å². The Morgan fingerprint density at radius 2 is 1.20 bits per heavy atom. The minimum Gasteiger partial charge on any atom is -0.384 e. The van der Waals surface area contributed by atoms with Gasteiger partial charge in [-0.2, -0.15) is 0 Å². The summed E-state index contributed by atoms with van der Waals surface area (Å²) in [5.41, 5.74) is 1.57. The van der Waals surface area contributed by atoms with Crippen molar-refractivity contribution >= 4 is 5.78 Å². The number of aliphatic hydroxyl groups is 1. The highest BCUT2D eigenvalue weighted by atomic mass is 16.3. The molecule has 0 heterocycles. The maximum Gasteiger partial charge on any atom is 0.144 e. The Kier molecular flexibility index (Phi) is 3.98. The maximum absolute atomic E-state index is 13.0. The number of hydrogen-bond donors (Lipinski definition) is 1. The fourth-order valence-corrected chi connectivity index (χ4v) is 4.12. The van der Waals surface area contributed by atoms with Gasteiger partial charge in [-0.25, -0.2) is 0 Å². The zero-order chi connectivity index (χ0) is 17.3. The predicted molar refractivity (Wildman–Crippen MR) is 98.3 cm³/mol. The molecule has 1 aliphatic rings. The Morgan fingerprint density at radius 1 is 0.720 bits per heavy atom. The molecule has 1 N–H and O–H groups in total. The van der Waals surface area contributed by atoms with Gasteiger partial charge in [0.05, 0.1) is 5.92 Å². The molecule has 0 bridgehead atoms. The minimum absolute atomic E-state index is 0.0893. The van der Waals surface area contributed by atoms with Crippen LogP contribution in [0, 0.1) is 0 Å². The van der Waals surface area contributed by atoms with Gasteiger partial charge in [-0.3, -0.25) is 4.79 Å². The third-order valence-electron chi connectivity index (χ3n) is 5.23. The van der Waals surface area contributed by atoms with E-state index in [4.69, 9.17) is 0 Å². The summed E-state index contributed by atoms with van der Waals surface area (Å²) in [4.78, 5) is 13.0. The Bertz CT molecular complexity index is 858. The standard InChI is InChI=1S/C23H20O2/c24-20-16-23(25,19-14-8-3-9-15-19)22(18-12-6-2-7-13-18)21(20)17-10-4-1-5-11-17/h1-15,21-22,25H,16H2/t21-,22+,23+/m1/s1. The van der Waals surface area contributed by atoms with Crippen molar-refractivity contribution in [2.75, 3.05) is 0 Å². The molecule has 0 saturated heterocycles. The molecule has 1 aliphatic carbocycles. The molecule has 1 fully saturated rings. The van der Waals surface area contributed by atoms with Crippen LogP contribution in [0.3, 0.4) is 0 Å². The van der Waals surface area contributed by atoms with E-state index in [-0.39, 0.29) is 24.0 Å². The van der Waals surface area contributed by atoms with Crippen LogP contribution in [-0.4, -0.2) is 10.9 Å². The molecule has 3 atom stereocenters. The lowest BCUT2D eigenvalue weighted by molar-refractivity contribution is -0.119. The highest BCUT2D eigenvalue weighted by molar-refractivity contribution is 5.91. The number of benzene rings is 3. The van der Waals surface area contributed by atoms with Crippen LogP contribution < -0.4 is 0 Å². The lowest BCUT2D eigenvalue weighted by Gasteiger charge is -2.33. The largest absolute Gasteiger partial charge is 0.384 e. The molecule has 2 heteroatoms. The molecular formula is C23H20O2. The van der Waals surface area contributed by atoms with Crippen molar-refractivity contribution in [2.24, 2.45) is 0 Å². The lowest BCUT2D eigenvalue weighted by Crippen LogP contribution is -2.30. The molecule has 25 heavy (non-hydrogen) atoms. The van der Waals surface area contributed by atoms with Crippen molar-refractivity contribution in [3.8, 4) is 0 Å². The van der Waals surface area contributed by atoms with E-state index in [1.807, 2.05) is 91.0 Å². The van der Waals surface area contributed by atoms with Crippen LogP contribution in [0.25, 0.3) is 0 Å². The number of rotatable bonds is 3. The summed E-state index contributed by atoms with van der Waals surface area (Å²) in [5.74, 6) is -0.550. The molecule has 124 valence electrons. The molecule has 0 amide bonds. The van der Waals surface area contributed by atoms with Crippen molar-refractivity contribution in [3.05, 3.63) is 108 Å². The molecule has 0 aromatic heterocycles. The van der Waals surface area contributed by atoms with E-state index in [0.717, 1.165) is 16.7 Å². The van der Waals surface area contributed by atoms with Gasteiger partial charge in [0.15, 0.2) is 0 Å². The predicted octanol–water partition coefficient (Wildman–Crippen LogP) is 4.41. The third-order valence-corrected chi connectivity index (χ3v) is 5.23. The molecular weight excluding hydrogens is 308 g/mol. The number of Topliss-reactive ketones (excluding diaryl/α,β-unsaturated/α-hetero) is 1. The van der Waals surface area contributed by atoms with E-state index in [9.17, 15) is 9.90 Å². The van der Waals surface area contributed by atoms with E-state index in [2.05, 4.69) is 0 Å². The van der Waals surface area contributed by atoms with Crippen LogP contribution >= 0.6 is 0 Å². The van der Waals surface area contributed by atoms with Gasteiger partial charge >= 0.3 is 0 Å². The van der Waals surface area contributed by atoms with Gasteiger partial charge in [-0.15, -0.1) is 0 Å². The van der Waals surface area contributed by atoms with Gasteiger partial charge in [0.25, 0.3) is 0 Å². The van der Waals surface area contributed by atoms with Crippen LogP contribution in [0.5, 0.6) is 0 Å². The first-order valence-electron chi connectivity index (χ1n) is 8.60. The number of ketones is 1. The van der Waals surface area contributed by atoms with Crippen LogP contribution in [0.4, 0.5) is 0 Å². The molecule has 0 spiro atoms. The van der Waals surface area contributed by atoms with E-state index in [1.54, 1.807) is 0 Å². The molecule has 3 aromatic carbocycles. The second-order valence-electron chi connectivity index (χ2n) is 6.71. The molecule has 2 nitrogen and oxygen atoms in total. The molecule has 0 aliphatic heterocycles. The van der Waals surface area contributed by atoms with Crippen LogP contribution in [0.1, 0.15) is 34.9 Å². The van der Waals surface area contributed by atoms with Crippen LogP contribution in [0.2, 0.25) is 0 Å². The third kappa shape index (κ3) is 2.69. The van der Waals surface area contributed by atoms with E-state index in [0.29, 0.717) is 0 Å². The number of hydrogen-bond acceptors (Lipinski definition) is 2. The van der Waals surface area contributed by atoms with Crippen molar-refractivity contribution in [2.45, 2.75) is 23.9 Å². The van der Waals surface area contributed by atoms with Gasteiger partial charge in [0.2, 0.25) is 0 Å². The molecule has 1 saturated carbocycles. The average molecular weight is 328 g/mol. The van der Waals surface area contributed by atoms with Crippen LogP contribution in [-0.2, 0) is 10.4 Å². The smallest absolute Gasteiger partial charge is 0.144 e.